The number of carbonyl (C=O) groups is 1. The lowest BCUT2D eigenvalue weighted by atomic mass is 10.0. The van der Waals surface area contributed by atoms with Crippen LogP contribution in [-0.2, 0) is 4.79 Å². The summed E-state index contributed by atoms with van der Waals surface area (Å²) in [6.45, 7) is 0.0495. The highest BCUT2D eigenvalue weighted by molar-refractivity contribution is 6.30. The average Bonchev–Trinajstić information content (AvgIpc) is 3.12. The predicted octanol–water partition coefficient (Wildman–Crippen LogP) is 4.65. The lowest BCUT2D eigenvalue weighted by molar-refractivity contribution is -0.119. The van der Waals surface area contributed by atoms with E-state index in [9.17, 15) is 27.5 Å². The van der Waals surface area contributed by atoms with Gasteiger partial charge in [0.2, 0.25) is 5.91 Å². The van der Waals surface area contributed by atoms with Gasteiger partial charge in [-0.25, -0.2) is 17.6 Å². The predicted molar refractivity (Wildman–Crippen MR) is 117 cm³/mol. The van der Waals surface area contributed by atoms with Gasteiger partial charge in [0, 0.05) is 22.7 Å². The Balaban J connectivity index is 1.48. The monoisotopic (exact) mass is 479 g/mol. The quantitative estimate of drug-likeness (QED) is 0.356. The molecule has 0 aliphatic carbocycles. The minimum absolute atomic E-state index is 0.0430. The van der Waals surface area contributed by atoms with Crippen LogP contribution in [0, 0.1) is 23.3 Å². The highest BCUT2D eigenvalue weighted by atomic mass is 35.5. The molecule has 172 valence electrons. The number of benzene rings is 3. The fraction of sp³-hybridized carbons (Fsp3) is 0.174. The number of aliphatic hydroxyl groups excluding tert-OH is 1. The molecular formula is C23H18ClF4N3O2. The first kappa shape index (κ1) is 23.0. The summed E-state index contributed by atoms with van der Waals surface area (Å²) in [6, 6.07) is 10.7. The van der Waals surface area contributed by atoms with Gasteiger partial charge in [-0.3, -0.25) is 10.1 Å². The molecule has 5 nitrogen and oxygen atoms in total. The van der Waals surface area contributed by atoms with Crippen LogP contribution in [0.2, 0.25) is 5.02 Å². The second kappa shape index (κ2) is 9.38. The summed E-state index contributed by atoms with van der Waals surface area (Å²) in [6.07, 6.45) is -1.32. The molecule has 3 aromatic rings. The Labute approximate surface area is 191 Å². The highest BCUT2D eigenvalue weighted by Crippen LogP contribution is 2.33. The molecule has 1 heterocycles. The van der Waals surface area contributed by atoms with Crippen molar-refractivity contribution in [1.29, 1.82) is 0 Å². The average molecular weight is 480 g/mol. The Morgan fingerprint density at radius 3 is 2.45 bits per heavy atom. The zero-order chi connectivity index (χ0) is 23.7. The molecule has 0 radical (unpaired) electrons. The van der Waals surface area contributed by atoms with Crippen molar-refractivity contribution in [1.82, 2.24) is 5.32 Å². The maximum atomic E-state index is 14.8. The van der Waals surface area contributed by atoms with Crippen LogP contribution in [-0.4, -0.2) is 30.0 Å². The Morgan fingerprint density at radius 2 is 1.73 bits per heavy atom. The van der Waals surface area contributed by atoms with E-state index in [1.165, 1.54) is 42.5 Å². The minimum atomic E-state index is -1.50. The van der Waals surface area contributed by atoms with Crippen LogP contribution in [0.3, 0.4) is 0 Å². The maximum Gasteiger partial charge on any atom is 0.244 e. The van der Waals surface area contributed by atoms with Crippen molar-refractivity contribution in [2.45, 2.75) is 18.8 Å². The van der Waals surface area contributed by atoms with Crippen molar-refractivity contribution >= 4 is 28.9 Å². The molecule has 3 aromatic carbocycles. The van der Waals surface area contributed by atoms with Crippen molar-refractivity contribution in [3.63, 3.8) is 0 Å². The summed E-state index contributed by atoms with van der Waals surface area (Å²) < 4.78 is 57.5. The zero-order valence-corrected chi connectivity index (χ0v) is 17.7. The fourth-order valence-electron chi connectivity index (χ4n) is 3.70. The number of nitrogens with zero attached hydrogens (tertiary/aromatic N) is 1. The lowest BCUT2D eigenvalue weighted by Crippen LogP contribution is -2.47. The van der Waals surface area contributed by atoms with Gasteiger partial charge in [-0.15, -0.1) is 0 Å². The number of hydrogen-bond donors (Lipinski definition) is 3. The number of anilines is 2. The van der Waals surface area contributed by atoms with E-state index in [2.05, 4.69) is 10.6 Å². The number of rotatable bonds is 6. The molecule has 3 N–H and O–H groups in total. The number of halogens is 5. The Bertz CT molecular complexity index is 1210. The number of hydrogen-bond acceptors (Lipinski definition) is 4. The van der Waals surface area contributed by atoms with Crippen LogP contribution in [0.15, 0.2) is 54.6 Å². The number of amides is 1. The normalized spacial score (nSPS) is 16.8. The third-order valence-electron chi connectivity index (χ3n) is 5.30. The molecule has 0 saturated carbocycles. The smallest absolute Gasteiger partial charge is 0.244 e. The van der Waals surface area contributed by atoms with Gasteiger partial charge in [-0.05, 0) is 42.8 Å². The van der Waals surface area contributed by atoms with Gasteiger partial charge in [0.1, 0.15) is 11.6 Å². The zero-order valence-electron chi connectivity index (χ0n) is 17.0. The van der Waals surface area contributed by atoms with E-state index in [0.29, 0.717) is 0 Å². The van der Waals surface area contributed by atoms with Crippen LogP contribution in [0.4, 0.5) is 28.9 Å². The highest BCUT2D eigenvalue weighted by Gasteiger charge is 2.36. The molecule has 1 fully saturated rings. The lowest BCUT2D eigenvalue weighted by Gasteiger charge is -2.21. The van der Waals surface area contributed by atoms with Gasteiger partial charge < -0.3 is 15.3 Å². The topological polar surface area (TPSA) is 64.6 Å². The van der Waals surface area contributed by atoms with Crippen LogP contribution in [0.1, 0.15) is 6.42 Å². The third kappa shape index (κ3) is 4.66. The van der Waals surface area contributed by atoms with Crippen LogP contribution in [0.5, 0.6) is 0 Å². The molecule has 4 rings (SSSR count). The van der Waals surface area contributed by atoms with E-state index >= 15 is 0 Å². The van der Waals surface area contributed by atoms with Gasteiger partial charge in [-0.1, -0.05) is 29.8 Å². The molecule has 0 spiro atoms. The van der Waals surface area contributed by atoms with Crippen molar-refractivity contribution in [3.05, 3.63) is 82.9 Å². The summed E-state index contributed by atoms with van der Waals surface area (Å²) in [5.41, 5.74) is -0.705. The van der Waals surface area contributed by atoms with E-state index in [1.54, 1.807) is 0 Å². The van der Waals surface area contributed by atoms with Crippen molar-refractivity contribution in [2.24, 2.45) is 0 Å². The molecule has 1 unspecified atom stereocenters. The summed E-state index contributed by atoms with van der Waals surface area (Å²) in [5.74, 6) is -4.57. The SMILES string of the molecule is O=C1[C@H](NC(O)Nc2ccc(Cl)cc2F)CCN1c1ccc(-c2ccccc2F)c(F)c1F. The molecule has 0 bridgehead atoms. The summed E-state index contributed by atoms with van der Waals surface area (Å²) >= 11 is 5.69. The summed E-state index contributed by atoms with van der Waals surface area (Å²) in [7, 11) is 0. The Morgan fingerprint density at radius 1 is 0.970 bits per heavy atom. The molecule has 0 aromatic heterocycles. The standard InChI is InChI=1S/C23H18ClF4N3O2/c24-12-5-7-17(16(26)11-12)29-23(33)30-18-9-10-31(22(18)32)19-8-6-14(20(27)21(19)28)13-3-1-2-4-15(13)25/h1-8,11,18,23,29-30,33H,9-10H2/t18-,23?/m1/s1. The second-order valence-electron chi connectivity index (χ2n) is 7.41. The van der Waals surface area contributed by atoms with Gasteiger partial charge in [0.15, 0.2) is 18.0 Å². The van der Waals surface area contributed by atoms with E-state index < -0.39 is 41.6 Å². The van der Waals surface area contributed by atoms with Crippen molar-refractivity contribution in [3.8, 4) is 11.1 Å². The van der Waals surface area contributed by atoms with Crippen LogP contribution < -0.4 is 15.5 Å². The van der Waals surface area contributed by atoms with Crippen LogP contribution >= 0.6 is 11.6 Å². The van der Waals surface area contributed by atoms with Gasteiger partial charge in [-0.2, -0.15) is 0 Å². The molecule has 10 heteroatoms. The Kier molecular flexibility index (Phi) is 6.55. The fourth-order valence-corrected chi connectivity index (χ4v) is 3.85. The minimum Gasteiger partial charge on any atom is -0.361 e. The molecule has 2 atom stereocenters. The summed E-state index contributed by atoms with van der Waals surface area (Å²) in [4.78, 5) is 13.8. The van der Waals surface area contributed by atoms with E-state index in [0.717, 1.165) is 17.0 Å². The third-order valence-corrected chi connectivity index (χ3v) is 5.54. The second-order valence-corrected chi connectivity index (χ2v) is 7.85. The first-order valence-electron chi connectivity index (χ1n) is 9.96. The maximum absolute atomic E-state index is 14.8. The van der Waals surface area contributed by atoms with Crippen LogP contribution in [0.25, 0.3) is 11.1 Å². The van der Waals surface area contributed by atoms with E-state index in [-0.39, 0.29) is 40.5 Å². The molecule has 1 aliphatic rings. The van der Waals surface area contributed by atoms with Gasteiger partial charge in [0.05, 0.1) is 17.4 Å². The first-order chi connectivity index (χ1) is 15.8. The number of aliphatic hydroxyl groups is 1. The summed E-state index contributed by atoms with van der Waals surface area (Å²) in [5, 5.41) is 15.4. The number of carbonyl (C=O) groups excluding carboxylic acids is 1. The van der Waals surface area contributed by atoms with E-state index in [1.807, 2.05) is 0 Å². The van der Waals surface area contributed by atoms with Crippen molar-refractivity contribution < 1.29 is 27.5 Å². The Hall–Kier alpha value is -3.14. The molecule has 33 heavy (non-hydrogen) atoms. The largest absolute Gasteiger partial charge is 0.361 e. The van der Waals surface area contributed by atoms with Gasteiger partial charge >= 0.3 is 0 Å². The first-order valence-corrected chi connectivity index (χ1v) is 10.3. The molecule has 1 aliphatic heterocycles. The van der Waals surface area contributed by atoms with Crippen molar-refractivity contribution in [2.75, 3.05) is 16.8 Å². The van der Waals surface area contributed by atoms with E-state index in [4.69, 9.17) is 11.6 Å². The van der Waals surface area contributed by atoms with Gasteiger partial charge in [0.25, 0.3) is 0 Å². The number of nitrogens with one attached hydrogen (secondary N) is 2. The molecule has 1 amide bonds. The molecular weight excluding hydrogens is 462 g/mol. The molecule has 1 saturated heterocycles.